The van der Waals surface area contributed by atoms with Gasteiger partial charge >= 0.3 is 0 Å². The van der Waals surface area contributed by atoms with Crippen molar-refractivity contribution < 1.29 is 0 Å². The second-order valence-corrected chi connectivity index (χ2v) is 5.40. The van der Waals surface area contributed by atoms with Gasteiger partial charge in [0.15, 0.2) is 0 Å². The van der Waals surface area contributed by atoms with Crippen LogP contribution >= 0.6 is 0 Å². The number of fused-ring (bicyclic) bond motifs is 4. The minimum absolute atomic E-state index is 0.354. The van der Waals surface area contributed by atoms with Crippen molar-refractivity contribution in [2.24, 2.45) is 0 Å². The molecule has 0 atom stereocenters. The van der Waals surface area contributed by atoms with E-state index in [0.717, 1.165) is 0 Å². The Morgan fingerprint density at radius 3 is 1.65 bits per heavy atom. The van der Waals surface area contributed by atoms with E-state index >= 15 is 0 Å². The molecule has 0 fully saturated rings. The lowest BCUT2D eigenvalue weighted by atomic mass is 9.77. The van der Waals surface area contributed by atoms with Gasteiger partial charge in [0.1, 0.15) is 0 Å². The molecule has 0 unspecified atom stereocenters. The lowest BCUT2D eigenvalue weighted by Gasteiger charge is -2.26. The Bertz CT molecular complexity index is 527. The molecule has 0 heterocycles. The fourth-order valence-corrected chi connectivity index (χ4v) is 3.92. The smallest absolute Gasteiger partial charge is 0.0214 e. The highest BCUT2D eigenvalue weighted by Gasteiger charge is 2.43. The van der Waals surface area contributed by atoms with Crippen molar-refractivity contribution in [3.05, 3.63) is 70.8 Å². The molecule has 0 amide bonds. The van der Waals surface area contributed by atoms with E-state index in [2.05, 4.69) is 48.5 Å². The van der Waals surface area contributed by atoms with Crippen LogP contribution in [0.25, 0.3) is 0 Å². The molecule has 2 aliphatic carbocycles. The van der Waals surface area contributed by atoms with Crippen molar-refractivity contribution in [1.29, 1.82) is 0 Å². The predicted octanol–water partition coefficient (Wildman–Crippen LogP) is 3.87. The van der Waals surface area contributed by atoms with Crippen LogP contribution in [0.4, 0.5) is 0 Å². The van der Waals surface area contributed by atoms with Crippen LogP contribution in [0.2, 0.25) is 0 Å². The maximum absolute atomic E-state index is 2.35. The molecule has 0 heteroatoms. The van der Waals surface area contributed by atoms with Gasteiger partial charge in [0, 0.05) is 5.41 Å². The summed E-state index contributed by atoms with van der Waals surface area (Å²) in [6.45, 7) is 0. The Kier molecular flexibility index (Phi) is 1.80. The standard InChI is InChI=1S/C17H16/c1-3-7-15-13(5-1)9-11-17(15)12-10-14-6-2-4-8-16(14)17/h1-8H,9-12H2. The first-order valence-corrected chi connectivity index (χ1v) is 6.57. The number of hydrogen-bond acceptors (Lipinski definition) is 0. The summed E-state index contributed by atoms with van der Waals surface area (Å²) in [5.74, 6) is 0. The average Bonchev–Trinajstić information content (AvgIpc) is 2.95. The Balaban J connectivity index is 1.97. The molecule has 17 heavy (non-hydrogen) atoms. The molecule has 2 aromatic carbocycles. The zero-order chi connectivity index (χ0) is 11.3. The highest BCUT2D eigenvalue weighted by Crippen LogP contribution is 2.51. The highest BCUT2D eigenvalue weighted by molar-refractivity contribution is 5.53. The molecule has 84 valence electrons. The van der Waals surface area contributed by atoms with E-state index in [1.165, 1.54) is 25.7 Å². The van der Waals surface area contributed by atoms with Crippen LogP contribution in [-0.4, -0.2) is 0 Å². The highest BCUT2D eigenvalue weighted by atomic mass is 14.5. The molecule has 0 aliphatic heterocycles. The summed E-state index contributed by atoms with van der Waals surface area (Å²) in [5, 5.41) is 0. The van der Waals surface area contributed by atoms with Crippen molar-refractivity contribution in [2.45, 2.75) is 31.1 Å². The Morgan fingerprint density at radius 1 is 0.647 bits per heavy atom. The first-order valence-electron chi connectivity index (χ1n) is 6.57. The van der Waals surface area contributed by atoms with Gasteiger partial charge < -0.3 is 0 Å². The summed E-state index contributed by atoms with van der Waals surface area (Å²) in [4.78, 5) is 0. The summed E-state index contributed by atoms with van der Waals surface area (Å²) in [6, 6.07) is 18.1. The second-order valence-electron chi connectivity index (χ2n) is 5.40. The molecular weight excluding hydrogens is 204 g/mol. The SMILES string of the molecule is c1ccc2c(c1)CCC21CCc2ccccc21. The topological polar surface area (TPSA) is 0 Å². The number of rotatable bonds is 0. The van der Waals surface area contributed by atoms with Crippen LogP contribution in [0.1, 0.15) is 35.1 Å². The molecule has 1 spiro atoms. The summed E-state index contributed by atoms with van der Waals surface area (Å²) >= 11 is 0. The van der Waals surface area contributed by atoms with Crippen LogP contribution in [0.5, 0.6) is 0 Å². The van der Waals surface area contributed by atoms with Gasteiger partial charge in [0.25, 0.3) is 0 Å². The summed E-state index contributed by atoms with van der Waals surface area (Å²) < 4.78 is 0. The first-order chi connectivity index (χ1) is 8.40. The zero-order valence-electron chi connectivity index (χ0n) is 9.95. The van der Waals surface area contributed by atoms with Gasteiger partial charge in [-0.25, -0.2) is 0 Å². The predicted molar refractivity (Wildman–Crippen MR) is 70.3 cm³/mol. The Hall–Kier alpha value is -1.56. The molecule has 2 aliphatic rings. The minimum atomic E-state index is 0.354. The van der Waals surface area contributed by atoms with E-state index < -0.39 is 0 Å². The first kappa shape index (κ1) is 9.47. The van der Waals surface area contributed by atoms with Gasteiger partial charge in [0.05, 0.1) is 0 Å². The Morgan fingerprint density at radius 2 is 1.12 bits per heavy atom. The third-order valence-electron chi connectivity index (χ3n) is 4.71. The van der Waals surface area contributed by atoms with E-state index in [4.69, 9.17) is 0 Å². The van der Waals surface area contributed by atoms with Crippen molar-refractivity contribution in [1.82, 2.24) is 0 Å². The van der Waals surface area contributed by atoms with Gasteiger partial charge in [0.2, 0.25) is 0 Å². The van der Waals surface area contributed by atoms with Crippen molar-refractivity contribution in [3.63, 3.8) is 0 Å². The zero-order valence-corrected chi connectivity index (χ0v) is 9.95. The van der Waals surface area contributed by atoms with E-state index in [0.29, 0.717) is 5.41 Å². The normalized spacial score (nSPS) is 19.3. The minimum Gasteiger partial charge on any atom is -0.0620 e. The van der Waals surface area contributed by atoms with Crippen molar-refractivity contribution in [2.75, 3.05) is 0 Å². The third kappa shape index (κ3) is 1.13. The van der Waals surface area contributed by atoms with E-state index in [1.54, 1.807) is 22.3 Å². The third-order valence-corrected chi connectivity index (χ3v) is 4.71. The van der Waals surface area contributed by atoms with Crippen LogP contribution in [-0.2, 0) is 18.3 Å². The lowest BCUT2D eigenvalue weighted by molar-refractivity contribution is 0.507. The van der Waals surface area contributed by atoms with Crippen LogP contribution < -0.4 is 0 Å². The molecule has 0 saturated heterocycles. The monoisotopic (exact) mass is 220 g/mol. The van der Waals surface area contributed by atoms with E-state index in [1.807, 2.05) is 0 Å². The largest absolute Gasteiger partial charge is 0.0620 e. The quantitative estimate of drug-likeness (QED) is 0.632. The molecular formula is C17H16. The Labute approximate surface area is 102 Å². The molecule has 0 bridgehead atoms. The van der Waals surface area contributed by atoms with Gasteiger partial charge in [-0.05, 0) is 47.9 Å². The molecule has 0 nitrogen and oxygen atoms in total. The van der Waals surface area contributed by atoms with E-state index in [-0.39, 0.29) is 0 Å². The molecule has 0 aromatic heterocycles. The van der Waals surface area contributed by atoms with Gasteiger partial charge in [-0.1, -0.05) is 48.5 Å². The maximum Gasteiger partial charge on any atom is 0.0214 e. The van der Waals surface area contributed by atoms with Crippen LogP contribution in [0.15, 0.2) is 48.5 Å². The summed E-state index contributed by atoms with van der Waals surface area (Å²) in [7, 11) is 0. The van der Waals surface area contributed by atoms with Gasteiger partial charge in [-0.3, -0.25) is 0 Å². The number of benzene rings is 2. The molecule has 0 saturated carbocycles. The van der Waals surface area contributed by atoms with Crippen LogP contribution in [0, 0.1) is 0 Å². The second kappa shape index (κ2) is 3.22. The average molecular weight is 220 g/mol. The summed E-state index contributed by atoms with van der Waals surface area (Å²) in [5.41, 5.74) is 6.70. The van der Waals surface area contributed by atoms with Gasteiger partial charge in [-0.15, -0.1) is 0 Å². The molecule has 0 N–H and O–H groups in total. The van der Waals surface area contributed by atoms with Crippen molar-refractivity contribution >= 4 is 0 Å². The fraction of sp³-hybridized carbons (Fsp3) is 0.294. The fourth-order valence-electron chi connectivity index (χ4n) is 3.92. The lowest BCUT2D eigenvalue weighted by Crippen LogP contribution is -2.20. The molecule has 0 radical (unpaired) electrons. The van der Waals surface area contributed by atoms with Crippen LogP contribution in [0.3, 0.4) is 0 Å². The summed E-state index contributed by atoms with van der Waals surface area (Å²) in [6.07, 6.45) is 5.13. The molecule has 2 aromatic rings. The molecule has 4 rings (SSSR count). The number of aryl methyl sites for hydroxylation is 2. The van der Waals surface area contributed by atoms with Gasteiger partial charge in [-0.2, -0.15) is 0 Å². The van der Waals surface area contributed by atoms with Crippen molar-refractivity contribution in [3.8, 4) is 0 Å². The number of hydrogen-bond donors (Lipinski definition) is 0. The maximum atomic E-state index is 2.35. The van der Waals surface area contributed by atoms with E-state index in [9.17, 15) is 0 Å².